The molecule has 2 unspecified atom stereocenters. The molecule has 16 heavy (non-hydrogen) atoms. The third-order valence-electron chi connectivity index (χ3n) is 2.20. The Bertz CT molecular complexity index is 351. The van der Waals surface area contributed by atoms with Crippen molar-refractivity contribution >= 4 is 0 Å². The molecule has 0 saturated carbocycles. The maximum Gasteiger partial charge on any atom is 0.233 e. The molecule has 4 nitrogen and oxygen atoms in total. The van der Waals surface area contributed by atoms with Gasteiger partial charge in [-0.15, -0.1) is 6.58 Å². The van der Waals surface area contributed by atoms with E-state index in [1.807, 2.05) is 37.3 Å². The van der Waals surface area contributed by atoms with Gasteiger partial charge in [0, 0.05) is 4.92 Å². The number of nitro groups is 1. The summed E-state index contributed by atoms with van der Waals surface area (Å²) in [4.78, 5) is 10.2. The Hall–Kier alpha value is -1.68. The van der Waals surface area contributed by atoms with E-state index in [1.54, 1.807) is 6.08 Å². The summed E-state index contributed by atoms with van der Waals surface area (Å²) >= 11 is 0. The van der Waals surface area contributed by atoms with Gasteiger partial charge in [0.25, 0.3) is 0 Å². The molecule has 0 aliphatic rings. The van der Waals surface area contributed by atoms with Crippen LogP contribution < -0.4 is 0 Å². The van der Waals surface area contributed by atoms with Crippen LogP contribution in [0.1, 0.15) is 18.6 Å². The fourth-order valence-corrected chi connectivity index (χ4v) is 1.34. The van der Waals surface area contributed by atoms with Crippen LogP contribution in [0.2, 0.25) is 0 Å². The molecule has 86 valence electrons. The minimum Gasteiger partial charge on any atom is -0.360 e. The van der Waals surface area contributed by atoms with Gasteiger partial charge in [-0.1, -0.05) is 36.4 Å². The lowest BCUT2D eigenvalue weighted by Crippen LogP contribution is -2.19. The monoisotopic (exact) mass is 221 g/mol. The first-order valence-corrected chi connectivity index (χ1v) is 5.08. The van der Waals surface area contributed by atoms with Crippen molar-refractivity contribution in [1.82, 2.24) is 0 Å². The summed E-state index contributed by atoms with van der Waals surface area (Å²) in [5, 5.41) is 10.6. The van der Waals surface area contributed by atoms with E-state index >= 15 is 0 Å². The number of nitrogens with zero attached hydrogens (tertiary/aromatic N) is 1. The standard InChI is InChI=1S/C12H15NO3/c1-3-10(2)16-12(9-13(14)15)11-7-5-4-6-8-11/h3-8,10,12H,1,9H2,2H3. The summed E-state index contributed by atoms with van der Waals surface area (Å²) in [5.74, 6) is 0. The molecule has 0 aliphatic carbocycles. The topological polar surface area (TPSA) is 52.4 Å². The van der Waals surface area contributed by atoms with Crippen molar-refractivity contribution < 1.29 is 9.66 Å². The molecule has 0 saturated heterocycles. The van der Waals surface area contributed by atoms with E-state index in [-0.39, 0.29) is 17.6 Å². The van der Waals surface area contributed by atoms with Gasteiger partial charge in [-0.25, -0.2) is 0 Å². The maximum atomic E-state index is 10.6. The zero-order valence-electron chi connectivity index (χ0n) is 9.20. The third kappa shape index (κ3) is 3.82. The highest BCUT2D eigenvalue weighted by Gasteiger charge is 2.19. The fraction of sp³-hybridized carbons (Fsp3) is 0.333. The van der Waals surface area contributed by atoms with E-state index in [0.717, 1.165) is 5.56 Å². The molecule has 0 amide bonds. The van der Waals surface area contributed by atoms with E-state index in [9.17, 15) is 10.1 Å². The van der Waals surface area contributed by atoms with Crippen LogP contribution in [0.25, 0.3) is 0 Å². The second kappa shape index (κ2) is 6.02. The van der Waals surface area contributed by atoms with E-state index in [4.69, 9.17) is 4.74 Å². The van der Waals surface area contributed by atoms with Crippen molar-refractivity contribution in [3.05, 3.63) is 58.7 Å². The van der Waals surface area contributed by atoms with Crippen LogP contribution in [0.3, 0.4) is 0 Å². The Morgan fingerprint density at radius 3 is 2.62 bits per heavy atom. The van der Waals surface area contributed by atoms with Gasteiger partial charge in [0.05, 0.1) is 6.10 Å². The molecular formula is C12H15NO3. The lowest BCUT2D eigenvalue weighted by Gasteiger charge is -2.17. The van der Waals surface area contributed by atoms with Gasteiger partial charge in [-0.3, -0.25) is 10.1 Å². The third-order valence-corrected chi connectivity index (χ3v) is 2.20. The van der Waals surface area contributed by atoms with E-state index in [2.05, 4.69) is 6.58 Å². The molecule has 0 spiro atoms. The van der Waals surface area contributed by atoms with Crippen LogP contribution in [0.5, 0.6) is 0 Å². The van der Waals surface area contributed by atoms with Gasteiger partial charge in [-0.05, 0) is 12.5 Å². The molecule has 0 aromatic heterocycles. The number of hydrogen-bond donors (Lipinski definition) is 0. The molecule has 0 heterocycles. The number of benzene rings is 1. The Labute approximate surface area is 94.7 Å². The highest BCUT2D eigenvalue weighted by Crippen LogP contribution is 2.19. The highest BCUT2D eigenvalue weighted by atomic mass is 16.6. The van der Waals surface area contributed by atoms with Crippen molar-refractivity contribution in [3.63, 3.8) is 0 Å². The minimum atomic E-state index is -0.524. The summed E-state index contributed by atoms with van der Waals surface area (Å²) in [6.45, 7) is 5.17. The Morgan fingerprint density at radius 1 is 1.50 bits per heavy atom. The molecule has 0 radical (unpaired) electrons. The molecule has 4 heteroatoms. The molecule has 0 aliphatic heterocycles. The predicted octanol–water partition coefficient (Wildman–Crippen LogP) is 2.60. The van der Waals surface area contributed by atoms with Gasteiger partial charge in [-0.2, -0.15) is 0 Å². The van der Waals surface area contributed by atoms with Gasteiger partial charge in [0.1, 0.15) is 6.10 Å². The first-order chi connectivity index (χ1) is 7.63. The largest absolute Gasteiger partial charge is 0.360 e. The smallest absolute Gasteiger partial charge is 0.233 e. The molecular weight excluding hydrogens is 206 g/mol. The summed E-state index contributed by atoms with van der Waals surface area (Å²) < 4.78 is 5.54. The molecule has 0 bridgehead atoms. The summed E-state index contributed by atoms with van der Waals surface area (Å²) in [5.41, 5.74) is 0.813. The minimum absolute atomic E-state index is 0.204. The van der Waals surface area contributed by atoms with Crippen molar-refractivity contribution in [1.29, 1.82) is 0 Å². The van der Waals surface area contributed by atoms with Crippen LogP contribution in [0.15, 0.2) is 43.0 Å². The number of hydrogen-bond acceptors (Lipinski definition) is 3. The number of ether oxygens (including phenoxy) is 1. The van der Waals surface area contributed by atoms with Crippen LogP contribution in [-0.4, -0.2) is 17.6 Å². The summed E-state index contributed by atoms with van der Waals surface area (Å²) in [7, 11) is 0. The van der Waals surface area contributed by atoms with E-state index < -0.39 is 6.10 Å². The van der Waals surface area contributed by atoms with Gasteiger partial charge in [0.15, 0.2) is 0 Å². The Balaban J connectivity index is 2.78. The predicted molar refractivity (Wildman–Crippen MR) is 61.8 cm³/mol. The fourth-order valence-electron chi connectivity index (χ4n) is 1.34. The maximum absolute atomic E-state index is 10.6. The average molecular weight is 221 g/mol. The van der Waals surface area contributed by atoms with Gasteiger partial charge < -0.3 is 4.74 Å². The van der Waals surface area contributed by atoms with Crippen molar-refractivity contribution in [2.45, 2.75) is 19.1 Å². The molecule has 1 aromatic carbocycles. The highest BCUT2D eigenvalue weighted by molar-refractivity contribution is 5.17. The molecule has 0 fully saturated rings. The lowest BCUT2D eigenvalue weighted by molar-refractivity contribution is -0.493. The molecule has 1 rings (SSSR count). The first-order valence-electron chi connectivity index (χ1n) is 5.08. The summed E-state index contributed by atoms with van der Waals surface area (Å²) in [6, 6.07) is 9.19. The van der Waals surface area contributed by atoms with Gasteiger partial charge >= 0.3 is 0 Å². The second-order valence-corrected chi connectivity index (χ2v) is 3.49. The van der Waals surface area contributed by atoms with Crippen molar-refractivity contribution in [2.24, 2.45) is 0 Å². The molecule has 0 N–H and O–H groups in total. The van der Waals surface area contributed by atoms with Crippen LogP contribution in [0, 0.1) is 10.1 Å². The van der Waals surface area contributed by atoms with Crippen molar-refractivity contribution in [2.75, 3.05) is 6.54 Å². The number of rotatable bonds is 6. The van der Waals surface area contributed by atoms with Crippen LogP contribution in [-0.2, 0) is 4.74 Å². The second-order valence-electron chi connectivity index (χ2n) is 3.49. The zero-order chi connectivity index (χ0) is 12.0. The summed E-state index contributed by atoms with van der Waals surface area (Å²) in [6.07, 6.45) is 0.893. The van der Waals surface area contributed by atoms with Crippen LogP contribution >= 0.6 is 0 Å². The molecule has 2 atom stereocenters. The first kappa shape index (κ1) is 12.4. The van der Waals surface area contributed by atoms with Crippen LogP contribution in [0.4, 0.5) is 0 Å². The SMILES string of the molecule is C=CC(C)OC(C[N+](=O)[O-])c1ccccc1. The van der Waals surface area contributed by atoms with E-state index in [1.165, 1.54) is 0 Å². The average Bonchev–Trinajstić information content (AvgIpc) is 2.28. The lowest BCUT2D eigenvalue weighted by atomic mass is 10.1. The Kier molecular flexibility index (Phi) is 4.66. The normalized spacial score (nSPS) is 14.1. The Morgan fingerprint density at radius 2 is 2.12 bits per heavy atom. The molecule has 1 aromatic rings. The van der Waals surface area contributed by atoms with E-state index in [0.29, 0.717) is 0 Å². The quantitative estimate of drug-likeness (QED) is 0.421. The van der Waals surface area contributed by atoms with Gasteiger partial charge in [0.2, 0.25) is 6.54 Å². The van der Waals surface area contributed by atoms with Crippen molar-refractivity contribution in [3.8, 4) is 0 Å². The zero-order valence-corrected chi connectivity index (χ0v) is 9.20.